The van der Waals surface area contributed by atoms with E-state index < -0.39 is 33.7 Å². The number of nitro benzene ring substituents is 1. The zero-order chi connectivity index (χ0) is 25.2. The number of non-ortho nitro benzene ring substituents is 1. The number of halogens is 4. The van der Waals surface area contributed by atoms with Crippen LogP contribution in [0.2, 0.25) is 5.02 Å². The highest BCUT2D eigenvalue weighted by molar-refractivity contribution is 8.15. The standard InChI is InChI=1S/C21H18ClF3N4O4S/c1-3-28-19(31)17(34-20(28)27-15-9-13(29(32)33)6-4-11(15)2)10-18(30)26-16-8-12(21(23,24)25)5-7-14(16)22/h4-9,17H,3,10H2,1-2H3,(H,26,30). The van der Waals surface area contributed by atoms with Crippen LogP contribution in [0.15, 0.2) is 41.4 Å². The number of aliphatic imine (C=N–C) groups is 1. The molecule has 2 aromatic rings. The fourth-order valence-electron chi connectivity index (χ4n) is 3.12. The molecule has 1 heterocycles. The molecule has 1 N–H and O–H groups in total. The van der Waals surface area contributed by atoms with Gasteiger partial charge < -0.3 is 5.32 Å². The van der Waals surface area contributed by atoms with Crippen LogP contribution in [0.25, 0.3) is 0 Å². The Kier molecular flexibility index (Phi) is 7.51. The van der Waals surface area contributed by atoms with Crippen molar-refractivity contribution in [2.75, 3.05) is 11.9 Å². The lowest BCUT2D eigenvalue weighted by Gasteiger charge is -2.14. The molecule has 0 bridgehead atoms. The molecule has 2 amide bonds. The molecule has 1 aliphatic rings. The summed E-state index contributed by atoms with van der Waals surface area (Å²) in [7, 11) is 0. The molecule has 8 nitrogen and oxygen atoms in total. The predicted molar refractivity (Wildman–Crippen MR) is 123 cm³/mol. The Morgan fingerprint density at radius 1 is 1.29 bits per heavy atom. The van der Waals surface area contributed by atoms with E-state index >= 15 is 0 Å². The maximum atomic E-state index is 13.0. The number of aryl methyl sites for hydroxylation is 1. The number of thioether (sulfide) groups is 1. The molecule has 3 rings (SSSR count). The van der Waals surface area contributed by atoms with Gasteiger partial charge in [0.15, 0.2) is 5.17 Å². The first-order valence-electron chi connectivity index (χ1n) is 9.89. The number of carbonyl (C=O) groups is 2. The molecule has 1 fully saturated rings. The van der Waals surface area contributed by atoms with Crippen LogP contribution >= 0.6 is 23.4 Å². The number of nitro groups is 1. The van der Waals surface area contributed by atoms with Crippen LogP contribution in [0.1, 0.15) is 24.5 Å². The van der Waals surface area contributed by atoms with Gasteiger partial charge in [-0.2, -0.15) is 13.2 Å². The SMILES string of the molecule is CCN1C(=O)C(CC(=O)Nc2cc(C(F)(F)F)ccc2Cl)SC1=Nc1cc([N+](=O)[O-])ccc1C. The van der Waals surface area contributed by atoms with Gasteiger partial charge in [0.2, 0.25) is 11.8 Å². The molecular weight excluding hydrogens is 497 g/mol. The highest BCUT2D eigenvalue weighted by Gasteiger charge is 2.38. The van der Waals surface area contributed by atoms with Gasteiger partial charge in [0.25, 0.3) is 5.69 Å². The van der Waals surface area contributed by atoms with Gasteiger partial charge in [-0.05, 0) is 37.6 Å². The zero-order valence-corrected chi connectivity index (χ0v) is 19.4. The number of amides is 2. The van der Waals surface area contributed by atoms with E-state index in [1.165, 1.54) is 17.0 Å². The van der Waals surface area contributed by atoms with Gasteiger partial charge >= 0.3 is 6.18 Å². The van der Waals surface area contributed by atoms with E-state index in [0.717, 1.165) is 30.0 Å². The molecule has 0 radical (unpaired) electrons. The number of benzene rings is 2. The highest BCUT2D eigenvalue weighted by Crippen LogP contribution is 2.36. The Labute approximate surface area is 201 Å². The number of nitrogens with zero attached hydrogens (tertiary/aromatic N) is 3. The zero-order valence-electron chi connectivity index (χ0n) is 17.9. The van der Waals surface area contributed by atoms with Crippen molar-refractivity contribution in [3.05, 3.63) is 62.7 Å². The van der Waals surface area contributed by atoms with Crippen molar-refractivity contribution in [1.82, 2.24) is 4.90 Å². The average Bonchev–Trinajstić information content (AvgIpc) is 3.04. The van der Waals surface area contributed by atoms with Crippen LogP contribution in [0.3, 0.4) is 0 Å². The third-order valence-corrected chi connectivity index (χ3v) is 6.40. The van der Waals surface area contributed by atoms with E-state index in [2.05, 4.69) is 10.3 Å². The molecular formula is C21H18ClF3N4O4S. The van der Waals surface area contributed by atoms with Crippen molar-refractivity contribution in [1.29, 1.82) is 0 Å². The lowest BCUT2D eigenvalue weighted by Crippen LogP contribution is -2.33. The van der Waals surface area contributed by atoms with Crippen LogP contribution in [0, 0.1) is 17.0 Å². The number of hydrogen-bond acceptors (Lipinski definition) is 6. The van der Waals surface area contributed by atoms with Gasteiger partial charge in [-0.3, -0.25) is 24.6 Å². The summed E-state index contributed by atoms with van der Waals surface area (Å²) >= 11 is 6.92. The fourth-order valence-corrected chi connectivity index (χ4v) is 4.50. The van der Waals surface area contributed by atoms with E-state index in [-0.39, 0.29) is 34.5 Å². The lowest BCUT2D eigenvalue weighted by atomic mass is 10.2. The Bertz CT molecular complexity index is 1190. The number of nitrogens with one attached hydrogen (secondary N) is 1. The van der Waals surface area contributed by atoms with Gasteiger partial charge in [0.1, 0.15) is 5.25 Å². The van der Waals surface area contributed by atoms with Gasteiger partial charge in [0, 0.05) is 25.1 Å². The monoisotopic (exact) mass is 514 g/mol. The number of carbonyl (C=O) groups excluding carboxylic acids is 2. The number of alkyl halides is 3. The van der Waals surface area contributed by atoms with Gasteiger partial charge in [-0.15, -0.1) is 0 Å². The van der Waals surface area contributed by atoms with Crippen molar-refractivity contribution < 1.29 is 27.7 Å². The number of rotatable bonds is 6. The van der Waals surface area contributed by atoms with Gasteiger partial charge in [-0.1, -0.05) is 29.4 Å². The Morgan fingerprint density at radius 3 is 2.62 bits per heavy atom. The van der Waals surface area contributed by atoms with Gasteiger partial charge in [0.05, 0.1) is 26.9 Å². The van der Waals surface area contributed by atoms with Crippen molar-refractivity contribution in [3.8, 4) is 0 Å². The summed E-state index contributed by atoms with van der Waals surface area (Å²) < 4.78 is 38.9. The summed E-state index contributed by atoms with van der Waals surface area (Å²) in [6.45, 7) is 3.67. The number of amidine groups is 1. The summed E-state index contributed by atoms with van der Waals surface area (Å²) in [6.07, 6.45) is -4.95. The second-order valence-corrected chi connectivity index (χ2v) is 8.83. The van der Waals surface area contributed by atoms with E-state index in [1.807, 2.05) is 0 Å². The van der Waals surface area contributed by atoms with Crippen molar-refractivity contribution in [2.24, 2.45) is 4.99 Å². The molecule has 0 aliphatic carbocycles. The molecule has 1 atom stereocenters. The third-order valence-electron chi connectivity index (χ3n) is 4.89. The Balaban J connectivity index is 1.79. The van der Waals surface area contributed by atoms with Crippen molar-refractivity contribution in [2.45, 2.75) is 31.7 Å². The Hall–Kier alpha value is -3.12. The molecule has 34 heavy (non-hydrogen) atoms. The first kappa shape index (κ1) is 25.5. The molecule has 0 aromatic heterocycles. The van der Waals surface area contributed by atoms with E-state index in [9.17, 15) is 32.9 Å². The maximum Gasteiger partial charge on any atom is 0.416 e. The van der Waals surface area contributed by atoms with E-state index in [4.69, 9.17) is 11.6 Å². The van der Waals surface area contributed by atoms with Crippen LogP contribution in [-0.2, 0) is 15.8 Å². The van der Waals surface area contributed by atoms with Crippen LogP contribution in [0.5, 0.6) is 0 Å². The average molecular weight is 515 g/mol. The van der Waals surface area contributed by atoms with Gasteiger partial charge in [-0.25, -0.2) is 4.99 Å². The minimum Gasteiger partial charge on any atom is -0.325 e. The first-order chi connectivity index (χ1) is 15.9. The summed E-state index contributed by atoms with van der Waals surface area (Å²) in [4.78, 5) is 41.6. The smallest absolute Gasteiger partial charge is 0.325 e. The number of anilines is 1. The third kappa shape index (κ3) is 5.68. The minimum atomic E-state index is -4.61. The number of hydrogen-bond donors (Lipinski definition) is 1. The molecule has 1 saturated heterocycles. The Morgan fingerprint density at radius 2 is 2.00 bits per heavy atom. The highest BCUT2D eigenvalue weighted by atomic mass is 35.5. The minimum absolute atomic E-state index is 0.0784. The molecule has 180 valence electrons. The summed E-state index contributed by atoms with van der Waals surface area (Å²) in [5.74, 6) is -1.10. The van der Waals surface area contributed by atoms with Crippen molar-refractivity contribution in [3.63, 3.8) is 0 Å². The quantitative estimate of drug-likeness (QED) is 0.401. The normalized spacial score (nSPS) is 17.4. The molecule has 13 heteroatoms. The maximum absolute atomic E-state index is 13.0. The lowest BCUT2D eigenvalue weighted by molar-refractivity contribution is -0.384. The first-order valence-corrected chi connectivity index (χ1v) is 11.1. The summed E-state index contributed by atoms with van der Waals surface area (Å²) in [5.41, 5.74) is -0.384. The van der Waals surface area contributed by atoms with Crippen LogP contribution in [-0.4, -0.2) is 38.6 Å². The topological polar surface area (TPSA) is 105 Å². The molecule has 2 aromatic carbocycles. The van der Waals surface area contributed by atoms with E-state index in [1.54, 1.807) is 19.9 Å². The predicted octanol–water partition coefficient (Wildman–Crippen LogP) is 5.56. The fraction of sp³-hybridized carbons (Fsp3) is 0.286. The van der Waals surface area contributed by atoms with Crippen LogP contribution < -0.4 is 5.32 Å². The summed E-state index contributed by atoms with van der Waals surface area (Å²) in [6, 6.07) is 6.72. The molecule has 1 aliphatic heterocycles. The molecule has 1 unspecified atom stereocenters. The van der Waals surface area contributed by atoms with E-state index in [0.29, 0.717) is 11.3 Å². The second kappa shape index (κ2) is 10.0. The summed E-state index contributed by atoms with van der Waals surface area (Å²) in [5, 5.41) is 12.7. The second-order valence-electron chi connectivity index (χ2n) is 7.26. The molecule has 0 saturated carbocycles. The molecule has 0 spiro atoms. The van der Waals surface area contributed by atoms with Crippen molar-refractivity contribution >= 4 is 57.4 Å². The largest absolute Gasteiger partial charge is 0.416 e. The van der Waals surface area contributed by atoms with Crippen LogP contribution in [0.4, 0.5) is 30.2 Å².